The van der Waals surface area contributed by atoms with E-state index in [2.05, 4.69) is 10.6 Å². The first-order valence-corrected chi connectivity index (χ1v) is 8.61. The summed E-state index contributed by atoms with van der Waals surface area (Å²) in [4.78, 5) is 23.8. The van der Waals surface area contributed by atoms with E-state index in [0.717, 1.165) is 0 Å². The molecule has 0 unspecified atom stereocenters. The lowest BCUT2D eigenvalue weighted by Gasteiger charge is -2.12. The molecule has 138 valence electrons. The highest BCUT2D eigenvalue weighted by molar-refractivity contribution is 6.35. The maximum atomic E-state index is 12.0. The van der Waals surface area contributed by atoms with Gasteiger partial charge in [0.25, 0.3) is 5.91 Å². The van der Waals surface area contributed by atoms with Gasteiger partial charge in [0, 0.05) is 5.02 Å². The fourth-order valence-electron chi connectivity index (χ4n) is 2.01. The van der Waals surface area contributed by atoms with Crippen LogP contribution in [0.1, 0.15) is 6.92 Å². The van der Waals surface area contributed by atoms with Gasteiger partial charge in [-0.05, 0) is 37.3 Å². The summed E-state index contributed by atoms with van der Waals surface area (Å²) in [7, 11) is 0. The smallest absolute Gasteiger partial charge is 0.258 e. The van der Waals surface area contributed by atoms with Gasteiger partial charge in [0.15, 0.2) is 6.61 Å². The first-order chi connectivity index (χ1) is 12.5. The molecule has 0 aliphatic rings. The number of rotatable bonds is 8. The molecule has 2 aromatic rings. The molecule has 0 atom stereocenters. The molecule has 0 bridgehead atoms. The molecule has 8 heteroatoms. The zero-order chi connectivity index (χ0) is 18.9. The van der Waals surface area contributed by atoms with Crippen LogP contribution in [0.15, 0.2) is 42.5 Å². The highest BCUT2D eigenvalue weighted by Gasteiger charge is 2.10. The van der Waals surface area contributed by atoms with Crippen molar-refractivity contribution in [3.8, 4) is 11.5 Å². The largest absolute Gasteiger partial charge is 0.492 e. The number of hydrogen-bond acceptors (Lipinski definition) is 4. The first kappa shape index (κ1) is 19.9. The van der Waals surface area contributed by atoms with Gasteiger partial charge in [0.2, 0.25) is 5.91 Å². The van der Waals surface area contributed by atoms with Crippen molar-refractivity contribution in [2.75, 3.05) is 25.1 Å². The van der Waals surface area contributed by atoms with Gasteiger partial charge in [0.05, 0.1) is 23.9 Å². The Morgan fingerprint density at radius 1 is 1.00 bits per heavy atom. The summed E-state index contributed by atoms with van der Waals surface area (Å²) in [6.45, 7) is 1.86. The zero-order valence-electron chi connectivity index (χ0n) is 14.1. The number of nitrogens with one attached hydrogen (secondary N) is 2. The van der Waals surface area contributed by atoms with Crippen LogP contribution < -0.4 is 20.1 Å². The van der Waals surface area contributed by atoms with Gasteiger partial charge < -0.3 is 20.1 Å². The van der Waals surface area contributed by atoms with Crippen molar-refractivity contribution in [3.05, 3.63) is 52.5 Å². The number of ether oxygens (including phenoxy) is 2. The Bertz CT molecular complexity index is 784. The minimum absolute atomic E-state index is 0.197. The van der Waals surface area contributed by atoms with Crippen LogP contribution >= 0.6 is 23.2 Å². The molecular weight excluding hydrogens is 379 g/mol. The van der Waals surface area contributed by atoms with Crippen LogP contribution in [0.5, 0.6) is 11.5 Å². The van der Waals surface area contributed by atoms with Crippen molar-refractivity contribution in [1.29, 1.82) is 0 Å². The van der Waals surface area contributed by atoms with E-state index in [0.29, 0.717) is 33.8 Å². The molecule has 0 aliphatic heterocycles. The maximum absolute atomic E-state index is 12.0. The predicted octanol–water partition coefficient (Wildman–Crippen LogP) is 3.53. The SMILES string of the molecule is CCOc1ccccc1NC(=O)CNC(=O)COc1ccc(Cl)cc1Cl. The Morgan fingerprint density at radius 2 is 1.77 bits per heavy atom. The molecule has 2 N–H and O–H groups in total. The first-order valence-electron chi connectivity index (χ1n) is 7.85. The van der Waals surface area contributed by atoms with Crippen molar-refractivity contribution in [1.82, 2.24) is 5.32 Å². The predicted molar refractivity (Wildman–Crippen MR) is 101 cm³/mol. The number of carbonyl (C=O) groups is 2. The molecule has 0 heterocycles. The molecule has 0 radical (unpaired) electrons. The third-order valence-electron chi connectivity index (χ3n) is 3.16. The fourth-order valence-corrected chi connectivity index (χ4v) is 2.47. The minimum atomic E-state index is -0.454. The van der Waals surface area contributed by atoms with E-state index in [1.54, 1.807) is 30.3 Å². The number of benzene rings is 2. The molecule has 0 aromatic heterocycles. The number of hydrogen-bond donors (Lipinski definition) is 2. The minimum Gasteiger partial charge on any atom is -0.492 e. The Balaban J connectivity index is 1.79. The summed E-state index contributed by atoms with van der Waals surface area (Å²) >= 11 is 11.7. The van der Waals surface area contributed by atoms with E-state index in [-0.39, 0.29) is 19.1 Å². The van der Waals surface area contributed by atoms with Crippen molar-refractivity contribution in [3.63, 3.8) is 0 Å². The third kappa shape index (κ3) is 6.13. The summed E-state index contributed by atoms with van der Waals surface area (Å²) in [5, 5.41) is 5.92. The second kappa shape index (κ2) is 9.89. The topological polar surface area (TPSA) is 76.7 Å². The molecule has 6 nitrogen and oxygen atoms in total. The number of anilines is 1. The van der Waals surface area contributed by atoms with E-state index < -0.39 is 5.91 Å². The number of carbonyl (C=O) groups excluding carboxylic acids is 2. The quantitative estimate of drug-likeness (QED) is 0.715. The summed E-state index contributed by atoms with van der Waals surface area (Å²) in [5.74, 6) is 0.0657. The van der Waals surface area contributed by atoms with E-state index in [9.17, 15) is 9.59 Å². The van der Waals surface area contributed by atoms with Crippen LogP contribution in [0.2, 0.25) is 10.0 Å². The average molecular weight is 397 g/mol. The van der Waals surface area contributed by atoms with Crippen molar-refractivity contribution in [2.45, 2.75) is 6.92 Å². The normalized spacial score (nSPS) is 10.1. The van der Waals surface area contributed by atoms with Gasteiger partial charge in [-0.15, -0.1) is 0 Å². The van der Waals surface area contributed by atoms with E-state index in [1.165, 1.54) is 6.07 Å². The van der Waals surface area contributed by atoms with E-state index in [1.807, 2.05) is 13.0 Å². The van der Waals surface area contributed by atoms with Crippen molar-refractivity contribution >= 4 is 40.7 Å². The highest BCUT2D eigenvalue weighted by Crippen LogP contribution is 2.27. The second-order valence-electron chi connectivity index (χ2n) is 5.12. The summed E-state index contributed by atoms with van der Waals surface area (Å²) in [6.07, 6.45) is 0. The lowest BCUT2D eigenvalue weighted by molar-refractivity contribution is -0.125. The molecular formula is C18H18Cl2N2O4. The van der Waals surface area contributed by atoms with Gasteiger partial charge >= 0.3 is 0 Å². The molecule has 0 spiro atoms. The lowest BCUT2D eigenvalue weighted by Crippen LogP contribution is -2.35. The molecule has 2 rings (SSSR count). The molecule has 2 aromatic carbocycles. The number of halogens is 2. The molecule has 0 saturated heterocycles. The number of para-hydroxylation sites is 2. The van der Waals surface area contributed by atoms with Crippen molar-refractivity contribution < 1.29 is 19.1 Å². The molecule has 2 amide bonds. The Labute approximate surface area is 161 Å². The lowest BCUT2D eigenvalue weighted by atomic mass is 10.3. The summed E-state index contributed by atoms with van der Waals surface area (Å²) in [6, 6.07) is 11.7. The summed E-state index contributed by atoms with van der Waals surface area (Å²) < 4.78 is 10.7. The van der Waals surface area contributed by atoms with Gasteiger partial charge in [-0.3, -0.25) is 9.59 Å². The Hall–Kier alpha value is -2.44. The van der Waals surface area contributed by atoms with Crippen molar-refractivity contribution in [2.24, 2.45) is 0 Å². The Kier molecular flexibility index (Phi) is 7.56. The van der Waals surface area contributed by atoms with Crippen LogP contribution in [0.25, 0.3) is 0 Å². The third-order valence-corrected chi connectivity index (χ3v) is 3.69. The molecule has 0 saturated carbocycles. The monoisotopic (exact) mass is 396 g/mol. The van der Waals surface area contributed by atoms with Gasteiger partial charge in [0.1, 0.15) is 11.5 Å². The van der Waals surface area contributed by atoms with Crippen LogP contribution in [0.4, 0.5) is 5.69 Å². The Morgan fingerprint density at radius 3 is 2.50 bits per heavy atom. The van der Waals surface area contributed by atoms with Gasteiger partial charge in [-0.1, -0.05) is 35.3 Å². The standard InChI is InChI=1S/C18H18Cl2N2O4/c1-2-25-16-6-4-3-5-14(16)22-17(23)10-21-18(24)11-26-15-8-7-12(19)9-13(15)20/h3-9H,2,10-11H2,1H3,(H,21,24)(H,22,23). The molecule has 0 fully saturated rings. The molecule has 0 aliphatic carbocycles. The van der Waals surface area contributed by atoms with Gasteiger partial charge in [-0.2, -0.15) is 0 Å². The maximum Gasteiger partial charge on any atom is 0.258 e. The second-order valence-corrected chi connectivity index (χ2v) is 5.96. The fraction of sp³-hybridized carbons (Fsp3) is 0.222. The van der Waals surface area contributed by atoms with E-state index in [4.69, 9.17) is 32.7 Å². The highest BCUT2D eigenvalue weighted by atomic mass is 35.5. The van der Waals surface area contributed by atoms with Gasteiger partial charge in [-0.25, -0.2) is 0 Å². The molecule has 26 heavy (non-hydrogen) atoms. The summed E-state index contributed by atoms with van der Waals surface area (Å²) in [5.41, 5.74) is 0.540. The van der Waals surface area contributed by atoms with E-state index >= 15 is 0 Å². The van der Waals surface area contributed by atoms with Crippen LogP contribution in [-0.2, 0) is 9.59 Å². The number of amides is 2. The average Bonchev–Trinajstić information content (AvgIpc) is 2.61. The van der Waals surface area contributed by atoms with Crippen LogP contribution in [0.3, 0.4) is 0 Å². The zero-order valence-corrected chi connectivity index (χ0v) is 15.6. The van der Waals surface area contributed by atoms with Crippen LogP contribution in [-0.4, -0.2) is 31.6 Å². The van der Waals surface area contributed by atoms with Crippen LogP contribution in [0, 0.1) is 0 Å².